The molecule has 4 N–H and O–H groups in total. The zero-order valence-corrected chi connectivity index (χ0v) is 8.82. The normalized spacial score (nSPS) is 12.5. The summed E-state index contributed by atoms with van der Waals surface area (Å²) in [6.07, 6.45) is -0.106. The lowest BCUT2D eigenvalue weighted by Crippen LogP contribution is -2.16. The number of phenolic OH excluding ortho intramolecular Hbond substituents is 1. The number of benzene rings is 1. The summed E-state index contributed by atoms with van der Waals surface area (Å²) in [4.78, 5) is 10.5. The van der Waals surface area contributed by atoms with Crippen molar-refractivity contribution in [1.29, 1.82) is 0 Å². The van der Waals surface area contributed by atoms with E-state index in [0.29, 0.717) is 0 Å². The Labute approximate surface area is 88.3 Å². The molecule has 0 bridgehead atoms. The summed E-state index contributed by atoms with van der Waals surface area (Å²) >= 11 is 0. The standard InChI is InChI=1S/C11H15NO3/c1-6-7(2)10(13)4-3-8(6)9(12)5-11(14)15/h3-4,9,13H,5,12H2,1-2H3,(H,14,15). The van der Waals surface area contributed by atoms with Crippen molar-refractivity contribution in [3.8, 4) is 5.75 Å². The van der Waals surface area contributed by atoms with Crippen molar-refractivity contribution in [2.45, 2.75) is 26.3 Å². The highest BCUT2D eigenvalue weighted by Crippen LogP contribution is 2.27. The predicted octanol–water partition coefficient (Wildman–Crippen LogP) is 1.48. The van der Waals surface area contributed by atoms with E-state index in [4.69, 9.17) is 10.8 Å². The molecule has 1 aromatic rings. The van der Waals surface area contributed by atoms with E-state index >= 15 is 0 Å². The summed E-state index contributed by atoms with van der Waals surface area (Å²) in [6, 6.07) is 2.69. The maximum atomic E-state index is 10.5. The Hall–Kier alpha value is -1.55. The third-order valence-electron chi connectivity index (χ3n) is 2.59. The van der Waals surface area contributed by atoms with Gasteiger partial charge in [-0.1, -0.05) is 6.07 Å². The van der Waals surface area contributed by atoms with Crippen molar-refractivity contribution in [3.05, 3.63) is 28.8 Å². The molecular formula is C11H15NO3. The van der Waals surface area contributed by atoms with E-state index in [0.717, 1.165) is 16.7 Å². The minimum Gasteiger partial charge on any atom is -0.508 e. The number of carboxylic acid groups (broad SMARTS) is 1. The van der Waals surface area contributed by atoms with Gasteiger partial charge in [0.2, 0.25) is 0 Å². The second kappa shape index (κ2) is 4.31. The minimum absolute atomic E-state index is 0.106. The number of phenols is 1. The first kappa shape index (κ1) is 11.5. The molecule has 0 aliphatic carbocycles. The molecule has 0 fully saturated rings. The van der Waals surface area contributed by atoms with Gasteiger partial charge >= 0.3 is 5.97 Å². The molecule has 82 valence electrons. The number of nitrogens with two attached hydrogens (primary N) is 1. The first-order valence-electron chi connectivity index (χ1n) is 4.70. The predicted molar refractivity (Wildman–Crippen MR) is 56.8 cm³/mol. The van der Waals surface area contributed by atoms with Gasteiger partial charge in [-0.3, -0.25) is 4.79 Å². The van der Waals surface area contributed by atoms with Gasteiger partial charge in [0.25, 0.3) is 0 Å². The van der Waals surface area contributed by atoms with E-state index in [2.05, 4.69) is 0 Å². The summed E-state index contributed by atoms with van der Waals surface area (Å²) < 4.78 is 0. The zero-order chi connectivity index (χ0) is 11.6. The molecule has 0 saturated carbocycles. The van der Waals surface area contributed by atoms with Crippen molar-refractivity contribution in [1.82, 2.24) is 0 Å². The Kier molecular flexibility index (Phi) is 3.31. The summed E-state index contributed by atoms with van der Waals surface area (Å²) in [6.45, 7) is 3.60. The molecule has 1 unspecified atom stereocenters. The van der Waals surface area contributed by atoms with Crippen molar-refractivity contribution < 1.29 is 15.0 Å². The molecule has 0 heterocycles. The van der Waals surface area contributed by atoms with Crippen LogP contribution in [-0.4, -0.2) is 16.2 Å². The van der Waals surface area contributed by atoms with Gasteiger partial charge in [0, 0.05) is 6.04 Å². The van der Waals surface area contributed by atoms with Gasteiger partial charge in [-0.25, -0.2) is 0 Å². The molecule has 0 saturated heterocycles. The second-order valence-electron chi connectivity index (χ2n) is 3.63. The number of aliphatic carboxylic acids is 1. The Morgan fingerprint density at radius 1 is 1.40 bits per heavy atom. The van der Waals surface area contributed by atoms with Gasteiger partial charge < -0.3 is 15.9 Å². The van der Waals surface area contributed by atoms with E-state index in [1.54, 1.807) is 19.1 Å². The van der Waals surface area contributed by atoms with Gasteiger partial charge in [0.1, 0.15) is 5.75 Å². The van der Waals surface area contributed by atoms with Gasteiger partial charge in [-0.05, 0) is 36.6 Å². The highest BCUT2D eigenvalue weighted by molar-refractivity contribution is 5.68. The number of carboxylic acids is 1. The number of hydrogen-bond acceptors (Lipinski definition) is 3. The summed E-state index contributed by atoms with van der Waals surface area (Å²) in [5.74, 6) is -0.716. The van der Waals surface area contributed by atoms with Crippen molar-refractivity contribution in [3.63, 3.8) is 0 Å². The van der Waals surface area contributed by atoms with Crippen LogP contribution in [0.5, 0.6) is 5.75 Å². The van der Waals surface area contributed by atoms with Crippen LogP contribution in [0.2, 0.25) is 0 Å². The van der Waals surface area contributed by atoms with Crippen molar-refractivity contribution in [2.24, 2.45) is 5.73 Å². The van der Waals surface area contributed by atoms with Crippen LogP contribution in [0.3, 0.4) is 0 Å². The van der Waals surface area contributed by atoms with Crippen LogP contribution in [0.4, 0.5) is 0 Å². The molecule has 0 radical (unpaired) electrons. The molecule has 0 aliphatic rings. The van der Waals surface area contributed by atoms with Crippen LogP contribution in [0.1, 0.15) is 29.2 Å². The number of rotatable bonds is 3. The Bertz CT molecular complexity index is 388. The van der Waals surface area contributed by atoms with E-state index in [9.17, 15) is 9.90 Å². The fourth-order valence-corrected chi connectivity index (χ4v) is 1.53. The van der Waals surface area contributed by atoms with Crippen LogP contribution in [0.15, 0.2) is 12.1 Å². The first-order chi connectivity index (χ1) is 6.93. The van der Waals surface area contributed by atoms with Crippen LogP contribution in [0, 0.1) is 13.8 Å². The number of carbonyl (C=O) groups is 1. The molecule has 4 nitrogen and oxygen atoms in total. The average molecular weight is 209 g/mol. The van der Waals surface area contributed by atoms with Gasteiger partial charge in [0.05, 0.1) is 6.42 Å². The summed E-state index contributed by atoms with van der Waals surface area (Å²) in [5.41, 5.74) is 8.12. The summed E-state index contributed by atoms with van der Waals surface area (Å²) in [7, 11) is 0. The Balaban J connectivity index is 3.05. The monoisotopic (exact) mass is 209 g/mol. The van der Waals surface area contributed by atoms with Crippen molar-refractivity contribution in [2.75, 3.05) is 0 Å². The second-order valence-corrected chi connectivity index (χ2v) is 3.63. The molecular weight excluding hydrogens is 194 g/mol. The lowest BCUT2D eigenvalue weighted by molar-refractivity contribution is -0.137. The van der Waals surface area contributed by atoms with Gasteiger partial charge in [0.15, 0.2) is 0 Å². The SMILES string of the molecule is Cc1c(O)ccc(C(N)CC(=O)O)c1C. The fraction of sp³-hybridized carbons (Fsp3) is 0.364. The minimum atomic E-state index is -0.923. The first-order valence-corrected chi connectivity index (χ1v) is 4.70. The van der Waals surface area contributed by atoms with E-state index in [-0.39, 0.29) is 12.2 Å². The highest BCUT2D eigenvalue weighted by Gasteiger charge is 2.14. The molecule has 1 rings (SSSR count). The molecule has 4 heteroatoms. The smallest absolute Gasteiger partial charge is 0.305 e. The lowest BCUT2D eigenvalue weighted by Gasteiger charge is -2.15. The highest BCUT2D eigenvalue weighted by atomic mass is 16.4. The number of hydrogen-bond donors (Lipinski definition) is 3. The van der Waals surface area contributed by atoms with Crippen LogP contribution >= 0.6 is 0 Å². The average Bonchev–Trinajstić information content (AvgIpc) is 2.13. The Morgan fingerprint density at radius 3 is 2.53 bits per heavy atom. The number of aromatic hydroxyl groups is 1. The van der Waals surface area contributed by atoms with Crippen LogP contribution < -0.4 is 5.73 Å². The molecule has 0 amide bonds. The maximum absolute atomic E-state index is 10.5. The topological polar surface area (TPSA) is 83.5 Å². The molecule has 1 atom stereocenters. The molecule has 15 heavy (non-hydrogen) atoms. The van der Waals surface area contributed by atoms with E-state index in [1.807, 2.05) is 6.92 Å². The Morgan fingerprint density at radius 2 is 2.00 bits per heavy atom. The molecule has 0 aliphatic heterocycles. The largest absolute Gasteiger partial charge is 0.508 e. The van der Waals surface area contributed by atoms with E-state index < -0.39 is 12.0 Å². The summed E-state index contributed by atoms with van der Waals surface area (Å²) in [5, 5.41) is 18.1. The third kappa shape index (κ3) is 2.47. The maximum Gasteiger partial charge on any atom is 0.305 e. The van der Waals surface area contributed by atoms with Crippen molar-refractivity contribution >= 4 is 5.97 Å². The van der Waals surface area contributed by atoms with E-state index in [1.165, 1.54) is 0 Å². The van der Waals surface area contributed by atoms with Gasteiger partial charge in [-0.15, -0.1) is 0 Å². The molecule has 1 aromatic carbocycles. The van der Waals surface area contributed by atoms with Crippen LogP contribution in [0.25, 0.3) is 0 Å². The fourth-order valence-electron chi connectivity index (χ4n) is 1.53. The zero-order valence-electron chi connectivity index (χ0n) is 8.82. The third-order valence-corrected chi connectivity index (χ3v) is 2.59. The lowest BCUT2D eigenvalue weighted by atomic mass is 9.95. The van der Waals surface area contributed by atoms with Gasteiger partial charge in [-0.2, -0.15) is 0 Å². The van der Waals surface area contributed by atoms with Crippen LogP contribution in [-0.2, 0) is 4.79 Å². The quantitative estimate of drug-likeness (QED) is 0.704. The molecule has 0 spiro atoms. The molecule has 0 aromatic heterocycles.